The van der Waals surface area contributed by atoms with Gasteiger partial charge < -0.3 is 20.9 Å². The molecule has 2 aromatic carbocycles. The molecule has 2 fully saturated rings. The van der Waals surface area contributed by atoms with Gasteiger partial charge in [-0.25, -0.2) is 13.8 Å². The third-order valence-corrected chi connectivity index (χ3v) is 9.30. The topological polar surface area (TPSA) is 88.7 Å². The van der Waals surface area contributed by atoms with E-state index in [9.17, 15) is 26.7 Å². The van der Waals surface area contributed by atoms with E-state index >= 15 is 0 Å². The number of nitrogens with one attached hydrogen (secondary N) is 3. The summed E-state index contributed by atoms with van der Waals surface area (Å²) in [6, 6.07) is 11.1. The zero-order chi connectivity index (χ0) is 33.3. The Kier molecular flexibility index (Phi) is 9.51. The fourth-order valence-electron chi connectivity index (χ4n) is 6.72. The van der Waals surface area contributed by atoms with Crippen molar-refractivity contribution in [3.63, 3.8) is 0 Å². The molecule has 0 radical (unpaired) electrons. The van der Waals surface area contributed by atoms with Gasteiger partial charge in [0.1, 0.15) is 11.4 Å². The molecule has 2 saturated heterocycles. The third kappa shape index (κ3) is 7.43. The Labute approximate surface area is 270 Å². The largest absolute Gasteiger partial charge is 0.421 e. The van der Waals surface area contributed by atoms with Crippen LogP contribution in [0.25, 0.3) is 0 Å². The Morgan fingerprint density at radius 3 is 2.40 bits per heavy atom. The van der Waals surface area contributed by atoms with Crippen LogP contribution in [-0.2, 0) is 19.1 Å². The smallest absolute Gasteiger partial charge is 0.371 e. The average Bonchev–Trinajstić information content (AvgIpc) is 3.42. The summed E-state index contributed by atoms with van der Waals surface area (Å²) < 4.78 is 69.3. The first-order valence-electron chi connectivity index (χ1n) is 16.0. The molecule has 3 aliphatic rings. The number of halogens is 5. The minimum Gasteiger partial charge on any atom is -0.371 e. The first kappa shape index (κ1) is 32.9. The van der Waals surface area contributed by atoms with Crippen LogP contribution < -0.4 is 20.9 Å². The number of hydrogen-bond acceptors (Lipinski definition) is 8. The van der Waals surface area contributed by atoms with Crippen LogP contribution in [0.2, 0.25) is 0 Å². The average molecular weight is 659 g/mol. The van der Waals surface area contributed by atoms with Crippen LogP contribution >= 0.6 is 0 Å². The summed E-state index contributed by atoms with van der Waals surface area (Å²) in [6.07, 6.45) is -5.39. The molecule has 252 valence electrons. The Balaban J connectivity index is 1.19. The number of nitrogens with zero attached hydrogens (tertiary/aromatic N) is 5. The molecule has 1 aromatic heterocycles. The van der Waals surface area contributed by atoms with Crippen LogP contribution in [0.1, 0.15) is 53.7 Å². The van der Waals surface area contributed by atoms with Gasteiger partial charge in [-0.2, -0.15) is 18.2 Å². The molecule has 3 aliphatic heterocycles. The summed E-state index contributed by atoms with van der Waals surface area (Å²) in [7, 11) is 0. The molecule has 0 aliphatic carbocycles. The van der Waals surface area contributed by atoms with Crippen LogP contribution in [0.5, 0.6) is 0 Å². The van der Waals surface area contributed by atoms with Crippen LogP contribution in [0, 0.1) is 0 Å². The van der Waals surface area contributed by atoms with Gasteiger partial charge in [-0.15, -0.1) is 0 Å². The maximum atomic E-state index is 14.0. The van der Waals surface area contributed by atoms with E-state index in [0.29, 0.717) is 29.4 Å². The number of anilines is 5. The van der Waals surface area contributed by atoms with Crippen molar-refractivity contribution in [1.29, 1.82) is 0 Å². The molecule has 4 heterocycles. The lowest BCUT2D eigenvalue weighted by Gasteiger charge is -2.44. The van der Waals surface area contributed by atoms with E-state index < -0.39 is 36.3 Å². The molecule has 47 heavy (non-hydrogen) atoms. The molecule has 0 saturated carbocycles. The normalized spacial score (nSPS) is 18.1. The fourth-order valence-corrected chi connectivity index (χ4v) is 6.72. The molecule has 0 atom stereocenters. The van der Waals surface area contributed by atoms with Gasteiger partial charge in [0.15, 0.2) is 0 Å². The second-order valence-electron chi connectivity index (χ2n) is 12.5. The predicted octanol–water partition coefficient (Wildman–Crippen LogP) is 6.03. The molecule has 14 heteroatoms. The van der Waals surface area contributed by atoms with Crippen LogP contribution in [0.15, 0.2) is 42.6 Å². The lowest BCUT2D eigenvalue weighted by atomic mass is 10.0. The highest BCUT2D eigenvalue weighted by Crippen LogP contribution is 2.37. The highest BCUT2D eigenvalue weighted by molar-refractivity contribution is 6.04. The standard InChI is InChI=1S/C33H39F5N8O/c1-20(2)44-12-14-46(15-13-44)23-8-10-45(11-9-23)24-6-7-26(22(16-24)17-28(34)35)42-32-40-19-25(33(36,37)38)30(43-32)41-27-5-3-4-21-18-39-31(47)29(21)27/h3-7,16,19-20,23,28H,8-15,17-18H2,1-2H3,(H,39,47)(H2,40,41,42,43). The number of amides is 1. The summed E-state index contributed by atoms with van der Waals surface area (Å²) >= 11 is 0. The highest BCUT2D eigenvalue weighted by Gasteiger charge is 2.36. The van der Waals surface area contributed by atoms with Crippen molar-refractivity contribution in [1.82, 2.24) is 25.1 Å². The van der Waals surface area contributed by atoms with E-state index in [0.717, 1.165) is 57.8 Å². The number of aromatic nitrogens is 2. The Bertz CT molecular complexity index is 1580. The maximum absolute atomic E-state index is 14.0. The molecule has 1 amide bonds. The lowest BCUT2D eigenvalue weighted by molar-refractivity contribution is -0.137. The van der Waals surface area contributed by atoms with Crippen molar-refractivity contribution in [3.8, 4) is 0 Å². The number of piperidine rings is 1. The zero-order valence-corrected chi connectivity index (χ0v) is 26.4. The first-order valence-corrected chi connectivity index (χ1v) is 16.0. The van der Waals surface area contributed by atoms with Gasteiger partial charge in [-0.3, -0.25) is 14.6 Å². The van der Waals surface area contributed by atoms with Gasteiger partial charge in [-0.1, -0.05) is 12.1 Å². The molecular formula is C33H39F5N8O. The minimum absolute atomic E-state index is 0.164. The van der Waals surface area contributed by atoms with E-state index in [1.54, 1.807) is 24.3 Å². The van der Waals surface area contributed by atoms with Gasteiger partial charge in [0.2, 0.25) is 12.4 Å². The molecule has 3 N–H and O–H groups in total. The summed E-state index contributed by atoms with van der Waals surface area (Å²) in [5, 5.41) is 8.19. The predicted molar refractivity (Wildman–Crippen MR) is 171 cm³/mol. The Hall–Kier alpha value is -4.04. The van der Waals surface area contributed by atoms with Gasteiger partial charge in [0.25, 0.3) is 5.91 Å². The Morgan fingerprint density at radius 2 is 1.72 bits per heavy atom. The number of carbonyl (C=O) groups is 1. The number of hydrogen-bond donors (Lipinski definition) is 3. The van der Waals surface area contributed by atoms with E-state index in [1.807, 2.05) is 6.07 Å². The molecule has 0 bridgehead atoms. The number of fused-ring (bicyclic) bond motifs is 1. The van der Waals surface area contributed by atoms with Gasteiger partial charge in [0, 0.05) is 81.9 Å². The van der Waals surface area contributed by atoms with Gasteiger partial charge in [0.05, 0.1) is 11.3 Å². The monoisotopic (exact) mass is 658 g/mol. The third-order valence-electron chi connectivity index (χ3n) is 9.30. The van der Waals surface area contributed by atoms with Crippen molar-refractivity contribution in [2.24, 2.45) is 0 Å². The van der Waals surface area contributed by atoms with Gasteiger partial charge in [-0.05, 0) is 62.1 Å². The van der Waals surface area contributed by atoms with E-state index in [-0.39, 0.29) is 29.4 Å². The number of alkyl halides is 5. The molecule has 6 rings (SSSR count). The van der Waals surface area contributed by atoms with Crippen LogP contribution in [-0.4, -0.2) is 83.5 Å². The number of carbonyl (C=O) groups excluding carboxylic acids is 1. The fraction of sp³-hybridized carbons (Fsp3) is 0.485. The van der Waals surface area contributed by atoms with E-state index in [2.05, 4.69) is 54.5 Å². The molecule has 0 unspecified atom stereocenters. The number of benzene rings is 2. The number of rotatable bonds is 9. The zero-order valence-electron chi connectivity index (χ0n) is 26.4. The Morgan fingerprint density at radius 1 is 0.979 bits per heavy atom. The van der Waals surface area contributed by atoms with E-state index in [4.69, 9.17) is 0 Å². The number of piperazine rings is 1. The first-order chi connectivity index (χ1) is 22.5. The highest BCUT2D eigenvalue weighted by atomic mass is 19.4. The SMILES string of the molecule is CC(C)N1CCN(C2CCN(c3ccc(Nc4ncc(C(F)(F)F)c(Nc5cccc6c5C(=O)NC6)n4)c(CC(F)F)c3)CC2)CC1. The van der Waals surface area contributed by atoms with Crippen molar-refractivity contribution in [3.05, 3.63) is 64.8 Å². The summed E-state index contributed by atoms with van der Waals surface area (Å²) in [5.41, 5.74) is 1.32. The second kappa shape index (κ2) is 13.6. The maximum Gasteiger partial charge on any atom is 0.421 e. The quantitative estimate of drug-likeness (QED) is 0.241. The van der Waals surface area contributed by atoms with Crippen molar-refractivity contribution < 1.29 is 26.7 Å². The van der Waals surface area contributed by atoms with Crippen LogP contribution in [0.4, 0.5) is 50.8 Å². The van der Waals surface area contributed by atoms with Crippen LogP contribution in [0.3, 0.4) is 0 Å². The van der Waals surface area contributed by atoms with Gasteiger partial charge >= 0.3 is 6.18 Å². The summed E-state index contributed by atoms with van der Waals surface area (Å²) in [6.45, 7) is 10.5. The van der Waals surface area contributed by atoms with Crippen molar-refractivity contribution >= 4 is 34.7 Å². The second-order valence-corrected chi connectivity index (χ2v) is 12.5. The minimum atomic E-state index is -4.79. The van der Waals surface area contributed by atoms with E-state index in [1.165, 1.54) is 6.07 Å². The summed E-state index contributed by atoms with van der Waals surface area (Å²) in [5.74, 6) is -1.18. The molecule has 9 nitrogen and oxygen atoms in total. The molecule has 3 aromatic rings. The van der Waals surface area contributed by atoms with Crippen molar-refractivity contribution in [2.45, 2.75) is 64.3 Å². The van der Waals surface area contributed by atoms with Crippen molar-refractivity contribution in [2.75, 3.05) is 54.8 Å². The summed E-state index contributed by atoms with van der Waals surface area (Å²) in [4.78, 5) is 27.6. The lowest BCUT2D eigenvalue weighted by Crippen LogP contribution is -2.54. The molecule has 0 spiro atoms. The molecular weight excluding hydrogens is 619 g/mol.